The molecule has 1 aromatic heterocycles. The molecule has 5 rings (SSSR count). The first-order valence-electron chi connectivity index (χ1n) is 8.81. The lowest BCUT2D eigenvalue weighted by Crippen LogP contribution is -2.47. The number of H-pyrrole nitrogens is 1. The second-order valence-electron chi connectivity index (χ2n) is 7.03. The summed E-state index contributed by atoms with van der Waals surface area (Å²) in [5.41, 5.74) is 1.34. The zero-order chi connectivity index (χ0) is 17.2. The second kappa shape index (κ2) is 6.80. The van der Waals surface area contributed by atoms with Crippen LogP contribution in [0.15, 0.2) is 47.5 Å². The molecule has 0 unspecified atom stereocenters. The standard InChI is InChI=1S/C19H22N4O2/c24-18-9-20-17(8-21-18)19(25)23-12-15-6-7-16(23)13-22(11-15)10-14-4-2-1-3-5-14/h1-5,8-9,15-16H,6-7,10-13H2,(H,21,24)/t15-,16+/m0/s1. The van der Waals surface area contributed by atoms with Crippen molar-refractivity contribution >= 4 is 5.91 Å². The lowest BCUT2D eigenvalue weighted by Gasteiger charge is -2.36. The van der Waals surface area contributed by atoms with E-state index in [-0.39, 0.29) is 17.5 Å². The van der Waals surface area contributed by atoms with E-state index in [2.05, 4.69) is 39.1 Å². The highest BCUT2D eigenvalue weighted by Crippen LogP contribution is 2.29. The Balaban J connectivity index is 1.50. The third-order valence-electron chi connectivity index (χ3n) is 5.19. The van der Waals surface area contributed by atoms with Crippen LogP contribution in [0.2, 0.25) is 0 Å². The summed E-state index contributed by atoms with van der Waals surface area (Å²) in [4.78, 5) is 35.0. The van der Waals surface area contributed by atoms with Crippen LogP contribution in [0.5, 0.6) is 0 Å². The fourth-order valence-electron chi connectivity index (χ4n) is 4.00. The Hall–Kier alpha value is -2.47. The summed E-state index contributed by atoms with van der Waals surface area (Å²) in [6.07, 6.45) is 4.79. The summed E-state index contributed by atoms with van der Waals surface area (Å²) < 4.78 is 0. The molecule has 3 aliphatic rings. The molecule has 0 spiro atoms. The summed E-state index contributed by atoms with van der Waals surface area (Å²) in [6, 6.07) is 10.7. The van der Waals surface area contributed by atoms with Crippen LogP contribution in [0.4, 0.5) is 0 Å². The van der Waals surface area contributed by atoms with Crippen molar-refractivity contribution in [2.75, 3.05) is 19.6 Å². The third kappa shape index (κ3) is 3.49. The number of aromatic amines is 1. The van der Waals surface area contributed by atoms with E-state index in [9.17, 15) is 9.59 Å². The Bertz CT molecular complexity index is 784. The highest BCUT2D eigenvalue weighted by Gasteiger charge is 2.37. The Morgan fingerprint density at radius 2 is 2.00 bits per heavy atom. The van der Waals surface area contributed by atoms with Gasteiger partial charge in [0.1, 0.15) is 5.69 Å². The Morgan fingerprint density at radius 3 is 2.76 bits per heavy atom. The molecule has 1 amide bonds. The number of rotatable bonds is 3. The molecule has 0 aliphatic carbocycles. The van der Waals surface area contributed by atoms with Gasteiger partial charge < -0.3 is 9.88 Å². The number of hydrogen-bond acceptors (Lipinski definition) is 4. The predicted octanol–water partition coefficient (Wildman–Crippen LogP) is 1.51. The van der Waals surface area contributed by atoms with Crippen molar-refractivity contribution in [2.45, 2.75) is 25.4 Å². The van der Waals surface area contributed by atoms with Crippen LogP contribution in [0.25, 0.3) is 0 Å². The average Bonchev–Trinajstić information content (AvgIpc) is 2.93. The van der Waals surface area contributed by atoms with Gasteiger partial charge >= 0.3 is 0 Å². The molecule has 25 heavy (non-hydrogen) atoms. The van der Waals surface area contributed by atoms with Crippen molar-refractivity contribution in [3.63, 3.8) is 0 Å². The van der Waals surface area contributed by atoms with Crippen LogP contribution in [-0.4, -0.2) is 51.4 Å². The Morgan fingerprint density at radius 1 is 1.16 bits per heavy atom. The van der Waals surface area contributed by atoms with E-state index in [0.717, 1.165) is 32.6 Å². The number of carbonyl (C=O) groups is 1. The SMILES string of the molecule is O=C(c1c[nH]c(=O)cn1)N1C[C@H]2CC[C@@H]1CN(Cc1ccccc1)C2. The molecule has 4 heterocycles. The number of nitrogens with zero attached hydrogens (tertiary/aromatic N) is 3. The maximum atomic E-state index is 12.8. The highest BCUT2D eigenvalue weighted by atomic mass is 16.2. The molecule has 3 saturated heterocycles. The number of aromatic nitrogens is 2. The topological polar surface area (TPSA) is 69.3 Å². The van der Waals surface area contributed by atoms with Crippen molar-refractivity contribution in [1.82, 2.24) is 19.8 Å². The van der Waals surface area contributed by atoms with Gasteiger partial charge in [-0.05, 0) is 24.3 Å². The van der Waals surface area contributed by atoms with E-state index in [1.807, 2.05) is 11.0 Å². The van der Waals surface area contributed by atoms with E-state index in [1.54, 1.807) is 0 Å². The normalized spacial score (nSPS) is 23.4. The molecule has 2 atom stereocenters. The number of amides is 1. The van der Waals surface area contributed by atoms with Gasteiger partial charge in [-0.3, -0.25) is 14.5 Å². The van der Waals surface area contributed by atoms with Crippen molar-refractivity contribution in [1.29, 1.82) is 0 Å². The fourth-order valence-corrected chi connectivity index (χ4v) is 4.00. The average molecular weight is 338 g/mol. The van der Waals surface area contributed by atoms with Gasteiger partial charge in [0.15, 0.2) is 0 Å². The van der Waals surface area contributed by atoms with Crippen LogP contribution in [0, 0.1) is 5.92 Å². The fraction of sp³-hybridized carbons (Fsp3) is 0.421. The Labute approximate surface area is 146 Å². The molecule has 0 radical (unpaired) electrons. The maximum absolute atomic E-state index is 12.8. The van der Waals surface area contributed by atoms with Crippen LogP contribution in [0.1, 0.15) is 28.9 Å². The minimum atomic E-state index is -0.289. The molecule has 3 fully saturated rings. The van der Waals surface area contributed by atoms with E-state index in [4.69, 9.17) is 0 Å². The van der Waals surface area contributed by atoms with Crippen LogP contribution in [-0.2, 0) is 6.54 Å². The predicted molar refractivity (Wildman–Crippen MR) is 94.1 cm³/mol. The number of hydrogen-bond donors (Lipinski definition) is 1. The monoisotopic (exact) mass is 338 g/mol. The lowest BCUT2D eigenvalue weighted by atomic mass is 9.95. The van der Waals surface area contributed by atoms with Gasteiger partial charge in [-0.15, -0.1) is 0 Å². The van der Waals surface area contributed by atoms with Crippen molar-refractivity contribution in [3.05, 3.63) is 64.3 Å². The molecule has 6 heteroatoms. The van der Waals surface area contributed by atoms with Crippen molar-refractivity contribution < 1.29 is 4.79 Å². The minimum Gasteiger partial charge on any atom is -0.333 e. The summed E-state index contributed by atoms with van der Waals surface area (Å²) in [5, 5.41) is 0. The smallest absolute Gasteiger partial charge is 0.274 e. The molecular formula is C19H22N4O2. The molecule has 1 aromatic carbocycles. The van der Waals surface area contributed by atoms with Crippen LogP contribution < -0.4 is 5.56 Å². The zero-order valence-corrected chi connectivity index (χ0v) is 14.1. The number of nitrogens with one attached hydrogen (secondary N) is 1. The van der Waals surface area contributed by atoms with Gasteiger partial charge in [-0.2, -0.15) is 0 Å². The first-order valence-corrected chi connectivity index (χ1v) is 8.81. The molecule has 130 valence electrons. The minimum absolute atomic E-state index is 0.0764. The number of piperidine rings is 1. The first-order chi connectivity index (χ1) is 12.2. The quantitative estimate of drug-likeness (QED) is 0.921. The van der Waals surface area contributed by atoms with Gasteiger partial charge in [0.25, 0.3) is 11.5 Å². The number of carbonyl (C=O) groups excluding carboxylic acids is 1. The van der Waals surface area contributed by atoms with E-state index in [1.165, 1.54) is 24.4 Å². The maximum Gasteiger partial charge on any atom is 0.274 e. The molecular weight excluding hydrogens is 316 g/mol. The van der Waals surface area contributed by atoms with Gasteiger partial charge in [0.05, 0.1) is 6.20 Å². The molecule has 2 aromatic rings. The van der Waals surface area contributed by atoms with E-state index < -0.39 is 0 Å². The summed E-state index contributed by atoms with van der Waals surface area (Å²) in [7, 11) is 0. The summed E-state index contributed by atoms with van der Waals surface area (Å²) >= 11 is 0. The van der Waals surface area contributed by atoms with Gasteiger partial charge in [-0.1, -0.05) is 30.3 Å². The number of benzene rings is 1. The molecule has 6 nitrogen and oxygen atoms in total. The molecule has 2 bridgehead atoms. The molecule has 0 saturated carbocycles. The van der Waals surface area contributed by atoms with Crippen LogP contribution in [0.3, 0.4) is 0 Å². The zero-order valence-electron chi connectivity index (χ0n) is 14.1. The van der Waals surface area contributed by atoms with Gasteiger partial charge in [0, 0.05) is 38.4 Å². The summed E-state index contributed by atoms with van der Waals surface area (Å²) in [6.45, 7) is 3.61. The number of fused-ring (bicyclic) bond motifs is 4. The van der Waals surface area contributed by atoms with Crippen LogP contribution >= 0.6 is 0 Å². The van der Waals surface area contributed by atoms with Crippen molar-refractivity contribution in [2.24, 2.45) is 5.92 Å². The van der Waals surface area contributed by atoms with Gasteiger partial charge in [-0.25, -0.2) is 4.98 Å². The van der Waals surface area contributed by atoms with Crippen molar-refractivity contribution in [3.8, 4) is 0 Å². The van der Waals surface area contributed by atoms with Gasteiger partial charge in [0.2, 0.25) is 0 Å². The largest absolute Gasteiger partial charge is 0.333 e. The third-order valence-corrected chi connectivity index (χ3v) is 5.19. The van der Waals surface area contributed by atoms with E-state index >= 15 is 0 Å². The Kier molecular flexibility index (Phi) is 4.36. The molecule has 1 N–H and O–H groups in total. The lowest BCUT2D eigenvalue weighted by molar-refractivity contribution is 0.0578. The van der Waals surface area contributed by atoms with E-state index in [0.29, 0.717) is 11.6 Å². The second-order valence-corrected chi connectivity index (χ2v) is 7.03. The summed E-state index contributed by atoms with van der Waals surface area (Å²) in [5.74, 6) is 0.418. The molecule has 3 aliphatic heterocycles. The first kappa shape index (κ1) is 16.0. The highest BCUT2D eigenvalue weighted by molar-refractivity contribution is 5.92.